The molecule has 0 unspecified atom stereocenters. The van der Waals surface area contributed by atoms with Crippen molar-refractivity contribution in [2.24, 2.45) is 0 Å². The molecule has 34 heavy (non-hydrogen) atoms. The minimum atomic E-state index is -0.899. The summed E-state index contributed by atoms with van der Waals surface area (Å²) >= 11 is 0. The van der Waals surface area contributed by atoms with E-state index in [0.29, 0.717) is 43.1 Å². The Morgan fingerprint density at radius 3 is 2.50 bits per heavy atom. The molecule has 4 rings (SSSR count). The molecule has 180 valence electrons. The highest BCUT2D eigenvalue weighted by Gasteiger charge is 2.46. The van der Waals surface area contributed by atoms with Crippen molar-refractivity contribution < 1.29 is 23.8 Å². The lowest BCUT2D eigenvalue weighted by Gasteiger charge is -2.34. The molecule has 1 aliphatic rings. The fourth-order valence-electron chi connectivity index (χ4n) is 4.68. The average Bonchev–Trinajstić information content (AvgIpc) is 3.41. The summed E-state index contributed by atoms with van der Waals surface area (Å²) in [5.74, 6) is 1.37. The summed E-state index contributed by atoms with van der Waals surface area (Å²) in [4.78, 5) is 31.0. The number of hydrogen-bond acceptors (Lipinski definition) is 5. The lowest BCUT2D eigenvalue weighted by Crippen LogP contribution is -2.54. The Hall–Kier alpha value is -3.68. The summed E-state index contributed by atoms with van der Waals surface area (Å²) in [7, 11) is 4.65. The second-order valence-electron chi connectivity index (χ2n) is 8.64. The highest BCUT2D eigenvalue weighted by molar-refractivity contribution is 5.94. The molecule has 8 nitrogen and oxygen atoms in total. The van der Waals surface area contributed by atoms with Gasteiger partial charge in [-0.3, -0.25) is 9.59 Å². The first-order valence-electron chi connectivity index (χ1n) is 11.3. The Morgan fingerprint density at radius 1 is 1.12 bits per heavy atom. The Labute approximate surface area is 199 Å². The maximum atomic E-state index is 13.3. The molecule has 2 heterocycles. The fourth-order valence-corrected chi connectivity index (χ4v) is 4.68. The molecule has 2 aromatic carbocycles. The second-order valence-corrected chi connectivity index (χ2v) is 8.64. The first kappa shape index (κ1) is 23.5. The van der Waals surface area contributed by atoms with Crippen molar-refractivity contribution in [2.75, 3.05) is 27.9 Å². The zero-order valence-electron chi connectivity index (χ0n) is 20.1. The maximum Gasteiger partial charge on any atom is 0.245 e. The first-order chi connectivity index (χ1) is 16.4. The van der Waals surface area contributed by atoms with E-state index >= 15 is 0 Å². The van der Waals surface area contributed by atoms with Crippen molar-refractivity contribution in [3.05, 3.63) is 53.7 Å². The number of rotatable bonds is 9. The van der Waals surface area contributed by atoms with Gasteiger partial charge >= 0.3 is 0 Å². The molecule has 1 aromatic heterocycles. The molecule has 0 spiro atoms. The maximum absolute atomic E-state index is 13.3. The van der Waals surface area contributed by atoms with Crippen LogP contribution in [0.2, 0.25) is 0 Å². The molecule has 1 aliphatic heterocycles. The van der Waals surface area contributed by atoms with Crippen LogP contribution in [0.25, 0.3) is 10.9 Å². The largest absolute Gasteiger partial charge is 0.493 e. The van der Waals surface area contributed by atoms with Gasteiger partial charge in [0, 0.05) is 36.6 Å². The third-order valence-corrected chi connectivity index (χ3v) is 6.67. The van der Waals surface area contributed by atoms with Crippen molar-refractivity contribution in [3.8, 4) is 17.2 Å². The van der Waals surface area contributed by atoms with Gasteiger partial charge in [-0.15, -0.1) is 0 Å². The van der Waals surface area contributed by atoms with Crippen molar-refractivity contribution >= 4 is 22.7 Å². The van der Waals surface area contributed by atoms with Crippen LogP contribution in [-0.2, 0) is 22.6 Å². The number of nitrogens with zero attached hydrogens (tertiary/aromatic N) is 1. The predicted molar refractivity (Wildman–Crippen MR) is 129 cm³/mol. The van der Waals surface area contributed by atoms with Gasteiger partial charge in [0.2, 0.25) is 17.6 Å². The average molecular weight is 466 g/mol. The number of para-hydroxylation sites is 1. The number of carbonyl (C=O) groups is 2. The molecule has 8 heteroatoms. The van der Waals surface area contributed by atoms with Gasteiger partial charge in [0.15, 0.2) is 11.5 Å². The van der Waals surface area contributed by atoms with E-state index in [9.17, 15) is 9.59 Å². The van der Waals surface area contributed by atoms with Gasteiger partial charge in [-0.05, 0) is 49.1 Å². The molecule has 0 bridgehead atoms. The number of hydrogen-bond donors (Lipinski definition) is 2. The van der Waals surface area contributed by atoms with Crippen molar-refractivity contribution in [1.29, 1.82) is 0 Å². The van der Waals surface area contributed by atoms with E-state index in [1.807, 2.05) is 31.3 Å². The normalized spacial score (nSPS) is 17.8. The smallest absolute Gasteiger partial charge is 0.245 e. The molecule has 1 atom stereocenters. The van der Waals surface area contributed by atoms with Crippen LogP contribution in [0.3, 0.4) is 0 Å². The van der Waals surface area contributed by atoms with Crippen LogP contribution in [0, 0.1) is 0 Å². The molecule has 1 fully saturated rings. The molecular weight excluding hydrogens is 434 g/mol. The van der Waals surface area contributed by atoms with Crippen LogP contribution in [0.15, 0.2) is 42.6 Å². The van der Waals surface area contributed by atoms with Gasteiger partial charge in [-0.1, -0.05) is 18.2 Å². The van der Waals surface area contributed by atoms with Crippen molar-refractivity contribution in [2.45, 2.75) is 38.3 Å². The molecule has 3 aromatic rings. The van der Waals surface area contributed by atoms with E-state index in [1.165, 1.54) is 0 Å². The number of nitrogens with one attached hydrogen (secondary N) is 2. The van der Waals surface area contributed by atoms with Gasteiger partial charge < -0.3 is 29.4 Å². The number of amides is 2. The second kappa shape index (κ2) is 9.67. The van der Waals surface area contributed by atoms with Gasteiger partial charge in [-0.2, -0.15) is 0 Å². The number of carbonyl (C=O) groups excluding carboxylic acids is 2. The molecular formula is C26H31N3O5. The van der Waals surface area contributed by atoms with E-state index in [-0.39, 0.29) is 18.4 Å². The summed E-state index contributed by atoms with van der Waals surface area (Å²) in [6.45, 7) is 2.60. The van der Waals surface area contributed by atoms with Gasteiger partial charge in [0.1, 0.15) is 5.54 Å². The molecule has 1 saturated heterocycles. The Balaban J connectivity index is 1.46. The summed E-state index contributed by atoms with van der Waals surface area (Å²) < 4.78 is 16.2. The third kappa shape index (κ3) is 4.27. The Kier molecular flexibility index (Phi) is 6.68. The monoisotopic (exact) mass is 465 g/mol. The number of methoxy groups -OCH3 is 3. The summed E-state index contributed by atoms with van der Waals surface area (Å²) in [5, 5.41) is 4.15. The lowest BCUT2D eigenvalue weighted by atomic mass is 9.97. The number of aromatic nitrogens is 1. The number of H-pyrrole nitrogens is 1. The number of fused-ring (bicyclic) bond motifs is 1. The van der Waals surface area contributed by atoms with E-state index < -0.39 is 5.54 Å². The highest BCUT2D eigenvalue weighted by atomic mass is 16.5. The van der Waals surface area contributed by atoms with Crippen LogP contribution in [0.1, 0.15) is 30.9 Å². The minimum Gasteiger partial charge on any atom is -0.493 e. The molecule has 0 aliphatic carbocycles. The van der Waals surface area contributed by atoms with Crippen LogP contribution < -0.4 is 19.5 Å². The number of benzene rings is 2. The summed E-state index contributed by atoms with van der Waals surface area (Å²) in [6, 6.07) is 11.7. The first-order valence-corrected chi connectivity index (χ1v) is 11.3. The number of likely N-dealkylation sites (tertiary alicyclic amines) is 1. The van der Waals surface area contributed by atoms with Crippen molar-refractivity contribution in [1.82, 2.24) is 15.2 Å². The van der Waals surface area contributed by atoms with Crippen LogP contribution in [-0.4, -0.2) is 55.1 Å². The van der Waals surface area contributed by atoms with E-state index in [0.717, 1.165) is 22.0 Å². The third-order valence-electron chi connectivity index (χ3n) is 6.67. The molecule has 2 amide bonds. The van der Waals surface area contributed by atoms with Crippen molar-refractivity contribution in [3.63, 3.8) is 0 Å². The quantitative estimate of drug-likeness (QED) is 0.505. The van der Waals surface area contributed by atoms with E-state index in [2.05, 4.69) is 16.4 Å². The standard InChI is InChI=1S/C26H31N3O5/c1-26(25(31)28-15-17-13-21(32-2)24(34-4)22(14-17)33-3)11-9-23(30)29(26)12-10-18-16-27-20-8-6-5-7-19(18)20/h5-8,13-14,16,27H,9-12,15H2,1-4H3,(H,28,31)/t26-/m0/s1. The van der Waals surface area contributed by atoms with Crippen LogP contribution in [0.5, 0.6) is 17.2 Å². The zero-order valence-corrected chi connectivity index (χ0v) is 20.1. The SMILES string of the molecule is COc1cc(CNC(=O)[C@]2(C)CCC(=O)N2CCc2c[nH]c3ccccc23)cc(OC)c1OC. The molecule has 0 saturated carbocycles. The number of ether oxygens (including phenoxy) is 3. The molecule has 0 radical (unpaired) electrons. The van der Waals surface area contributed by atoms with Gasteiger partial charge in [0.25, 0.3) is 0 Å². The van der Waals surface area contributed by atoms with Gasteiger partial charge in [-0.25, -0.2) is 0 Å². The topological polar surface area (TPSA) is 92.9 Å². The Morgan fingerprint density at radius 2 is 1.82 bits per heavy atom. The number of aromatic amines is 1. The molecule has 2 N–H and O–H groups in total. The summed E-state index contributed by atoms with van der Waals surface area (Å²) in [5.41, 5.74) is 2.11. The summed E-state index contributed by atoms with van der Waals surface area (Å²) in [6.07, 6.45) is 3.50. The highest BCUT2D eigenvalue weighted by Crippen LogP contribution is 2.38. The van der Waals surface area contributed by atoms with E-state index in [4.69, 9.17) is 14.2 Å². The Bertz CT molecular complexity index is 1180. The lowest BCUT2D eigenvalue weighted by molar-refractivity contribution is -0.140. The van der Waals surface area contributed by atoms with Crippen LogP contribution >= 0.6 is 0 Å². The van der Waals surface area contributed by atoms with E-state index in [1.54, 1.807) is 38.4 Å². The minimum absolute atomic E-state index is 0.00489. The van der Waals surface area contributed by atoms with Gasteiger partial charge in [0.05, 0.1) is 21.3 Å². The zero-order chi connectivity index (χ0) is 24.3. The van der Waals surface area contributed by atoms with Crippen LogP contribution in [0.4, 0.5) is 0 Å². The predicted octanol–water partition coefficient (Wildman–Crippen LogP) is 3.43. The fraction of sp³-hybridized carbons (Fsp3) is 0.385.